The maximum absolute atomic E-state index is 11.7. The fourth-order valence-electron chi connectivity index (χ4n) is 1.72. The molecule has 11 nitrogen and oxygen atoms in total. The number of ether oxygens (including phenoxy) is 3. The van der Waals surface area contributed by atoms with Gasteiger partial charge in [0.1, 0.15) is 12.1 Å². The zero-order valence-corrected chi connectivity index (χ0v) is 13.7. The maximum Gasteiger partial charge on any atom is 0.330 e. The first kappa shape index (κ1) is 22.3. The predicted octanol–water partition coefficient (Wildman–Crippen LogP) is -1.84. The third-order valence-corrected chi connectivity index (χ3v) is 3.15. The van der Waals surface area contributed by atoms with Gasteiger partial charge in [-0.3, -0.25) is 19.2 Å². The second kappa shape index (κ2) is 11.0. The molecule has 4 N–H and O–H groups in total. The lowest BCUT2D eigenvalue weighted by Crippen LogP contribution is -2.42. The molecule has 2 unspecified atom stereocenters. The van der Waals surface area contributed by atoms with E-state index in [0.29, 0.717) is 0 Å². The fraction of sp³-hybridized carbons (Fsp3) is 0.571. The van der Waals surface area contributed by atoms with Crippen LogP contribution in [0.15, 0.2) is 0 Å². The standard InChI is InChI=1S/C14H20N2O9/c1-7(11(19)23-5-17)3-9(15)13(21)25-14(22)10(16)4-8(2)12(20)24-6-18/h5-10H,3-4,15-16H2,1-2H3/t7?,8?,9-,10-/m0/s1. The lowest BCUT2D eigenvalue weighted by atomic mass is 10.0. The minimum atomic E-state index is -1.33. The molecule has 0 aromatic carbocycles. The van der Waals surface area contributed by atoms with Crippen molar-refractivity contribution in [3.63, 3.8) is 0 Å². The minimum absolute atomic E-state index is 0.0536. The molecule has 0 heterocycles. The highest BCUT2D eigenvalue weighted by atomic mass is 16.6. The summed E-state index contributed by atoms with van der Waals surface area (Å²) in [7, 11) is 0. The van der Waals surface area contributed by atoms with E-state index in [4.69, 9.17) is 11.5 Å². The molecule has 4 atom stereocenters. The van der Waals surface area contributed by atoms with Gasteiger partial charge in [-0.05, 0) is 12.8 Å². The number of nitrogens with two attached hydrogens (primary N) is 2. The second-order valence-electron chi connectivity index (χ2n) is 5.29. The Kier molecular flexibility index (Phi) is 9.82. The van der Waals surface area contributed by atoms with Gasteiger partial charge in [-0.1, -0.05) is 13.8 Å². The first-order chi connectivity index (χ1) is 11.6. The molecule has 0 rings (SSSR count). The van der Waals surface area contributed by atoms with E-state index >= 15 is 0 Å². The molecule has 0 fully saturated rings. The van der Waals surface area contributed by atoms with E-state index in [0.717, 1.165) is 0 Å². The Morgan fingerprint density at radius 2 is 1.08 bits per heavy atom. The average molecular weight is 360 g/mol. The monoisotopic (exact) mass is 360 g/mol. The molecule has 140 valence electrons. The molecule has 0 aromatic heterocycles. The molecule has 0 aliphatic heterocycles. The highest BCUT2D eigenvalue weighted by molar-refractivity contribution is 5.91. The predicted molar refractivity (Wildman–Crippen MR) is 78.9 cm³/mol. The highest BCUT2D eigenvalue weighted by Crippen LogP contribution is 2.10. The molecule has 0 saturated heterocycles. The van der Waals surface area contributed by atoms with Gasteiger partial charge in [0.05, 0.1) is 11.8 Å². The summed E-state index contributed by atoms with van der Waals surface area (Å²) in [6, 6.07) is -2.66. The normalized spacial score (nSPS) is 15.0. The Balaban J connectivity index is 4.50. The number of hydrogen-bond acceptors (Lipinski definition) is 11. The van der Waals surface area contributed by atoms with Crippen LogP contribution in [0.5, 0.6) is 0 Å². The number of rotatable bonds is 10. The van der Waals surface area contributed by atoms with E-state index in [1.54, 1.807) is 0 Å². The topological polar surface area (TPSA) is 182 Å². The van der Waals surface area contributed by atoms with Crippen molar-refractivity contribution in [2.45, 2.75) is 38.8 Å². The molecule has 25 heavy (non-hydrogen) atoms. The smallest absolute Gasteiger partial charge is 0.330 e. The van der Waals surface area contributed by atoms with Crippen LogP contribution in [0.1, 0.15) is 26.7 Å². The summed E-state index contributed by atoms with van der Waals surface area (Å²) in [5, 5.41) is 0. The lowest BCUT2D eigenvalue weighted by molar-refractivity contribution is -0.162. The molecule has 0 aliphatic carbocycles. The van der Waals surface area contributed by atoms with Gasteiger partial charge >= 0.3 is 36.8 Å². The van der Waals surface area contributed by atoms with E-state index in [-0.39, 0.29) is 25.8 Å². The van der Waals surface area contributed by atoms with Crippen LogP contribution in [0.2, 0.25) is 0 Å². The van der Waals surface area contributed by atoms with E-state index in [1.165, 1.54) is 13.8 Å². The zero-order valence-electron chi connectivity index (χ0n) is 13.7. The summed E-state index contributed by atoms with van der Waals surface area (Å²) < 4.78 is 12.7. The van der Waals surface area contributed by atoms with Gasteiger partial charge in [0.25, 0.3) is 0 Å². The Morgan fingerprint density at radius 1 is 0.760 bits per heavy atom. The van der Waals surface area contributed by atoms with E-state index in [2.05, 4.69) is 14.2 Å². The van der Waals surface area contributed by atoms with Crippen molar-refractivity contribution in [1.82, 2.24) is 0 Å². The number of carbonyl (C=O) groups is 6. The van der Waals surface area contributed by atoms with Crippen molar-refractivity contribution in [2.24, 2.45) is 23.3 Å². The van der Waals surface area contributed by atoms with Crippen molar-refractivity contribution in [3.8, 4) is 0 Å². The number of esters is 4. The zero-order chi connectivity index (χ0) is 19.6. The minimum Gasteiger partial charge on any atom is -0.395 e. The fourth-order valence-corrected chi connectivity index (χ4v) is 1.72. The largest absolute Gasteiger partial charge is 0.395 e. The molecule has 0 aromatic rings. The summed E-state index contributed by atoms with van der Waals surface area (Å²) in [5.41, 5.74) is 11.0. The number of carbonyl (C=O) groups excluding carboxylic acids is 6. The summed E-state index contributed by atoms with van der Waals surface area (Å²) >= 11 is 0. The molecular formula is C14H20N2O9. The Bertz CT molecular complexity index is 488. The maximum atomic E-state index is 11.7. The van der Waals surface area contributed by atoms with Crippen molar-refractivity contribution >= 4 is 36.8 Å². The molecule has 0 saturated carbocycles. The summed E-state index contributed by atoms with van der Waals surface area (Å²) in [6.45, 7) is 2.63. The summed E-state index contributed by atoms with van der Waals surface area (Å²) in [6.07, 6.45) is -0.452. The molecule has 0 radical (unpaired) electrons. The first-order valence-corrected chi connectivity index (χ1v) is 7.18. The van der Waals surface area contributed by atoms with Crippen LogP contribution in [-0.2, 0) is 43.0 Å². The molecule has 0 bridgehead atoms. The summed E-state index contributed by atoms with van der Waals surface area (Å²) in [4.78, 5) is 66.1. The highest BCUT2D eigenvalue weighted by Gasteiger charge is 2.29. The van der Waals surface area contributed by atoms with Gasteiger partial charge in [-0.25, -0.2) is 9.59 Å². The van der Waals surface area contributed by atoms with Crippen LogP contribution in [-0.4, -0.2) is 48.9 Å². The SMILES string of the molecule is CC(C[C@H](N)C(=O)OC(=O)[C@@H](N)CC(C)C(=O)OC=O)C(=O)OC=O. The van der Waals surface area contributed by atoms with Crippen LogP contribution in [0.4, 0.5) is 0 Å². The van der Waals surface area contributed by atoms with Gasteiger partial charge in [0.2, 0.25) is 0 Å². The Morgan fingerprint density at radius 3 is 1.36 bits per heavy atom. The van der Waals surface area contributed by atoms with Gasteiger partial charge in [0.15, 0.2) is 0 Å². The number of hydrogen-bond donors (Lipinski definition) is 2. The second-order valence-corrected chi connectivity index (χ2v) is 5.29. The van der Waals surface area contributed by atoms with Gasteiger partial charge in [-0.15, -0.1) is 0 Å². The first-order valence-electron chi connectivity index (χ1n) is 7.18. The van der Waals surface area contributed by atoms with Crippen LogP contribution in [0.3, 0.4) is 0 Å². The molecule has 11 heteroatoms. The van der Waals surface area contributed by atoms with E-state index in [9.17, 15) is 28.8 Å². The van der Waals surface area contributed by atoms with Crippen molar-refractivity contribution in [3.05, 3.63) is 0 Å². The van der Waals surface area contributed by atoms with Crippen LogP contribution < -0.4 is 11.5 Å². The van der Waals surface area contributed by atoms with E-state index < -0.39 is 47.8 Å². The average Bonchev–Trinajstić information content (AvgIpc) is 2.54. The van der Waals surface area contributed by atoms with Gasteiger partial charge < -0.3 is 25.7 Å². The lowest BCUT2D eigenvalue weighted by Gasteiger charge is -2.16. The van der Waals surface area contributed by atoms with Crippen molar-refractivity contribution in [1.29, 1.82) is 0 Å². The van der Waals surface area contributed by atoms with Crippen LogP contribution in [0, 0.1) is 11.8 Å². The van der Waals surface area contributed by atoms with Gasteiger partial charge in [0, 0.05) is 0 Å². The molecule has 0 aliphatic rings. The Hall–Kier alpha value is -2.66. The van der Waals surface area contributed by atoms with Crippen LogP contribution in [0.25, 0.3) is 0 Å². The molecular weight excluding hydrogens is 340 g/mol. The summed E-state index contributed by atoms with van der Waals surface area (Å²) in [5.74, 6) is -5.79. The van der Waals surface area contributed by atoms with E-state index in [1.807, 2.05) is 0 Å². The van der Waals surface area contributed by atoms with Crippen LogP contribution >= 0.6 is 0 Å². The third kappa shape index (κ3) is 8.13. The molecule has 0 amide bonds. The third-order valence-electron chi connectivity index (χ3n) is 3.15. The quantitative estimate of drug-likeness (QED) is 0.193. The van der Waals surface area contributed by atoms with Crippen molar-refractivity contribution < 1.29 is 43.0 Å². The Labute approximate surface area is 142 Å². The van der Waals surface area contributed by atoms with Gasteiger partial charge in [-0.2, -0.15) is 0 Å². The molecule has 0 spiro atoms. The van der Waals surface area contributed by atoms with Crippen molar-refractivity contribution in [2.75, 3.05) is 0 Å².